The fourth-order valence-corrected chi connectivity index (χ4v) is 10.4. The number of phosphoric acid groups is 7. The molecule has 5 unspecified atom stereocenters. The average Bonchev–Trinajstić information content (AvgIpc) is 3.50. The third kappa shape index (κ3) is 18.8. The first-order valence-electron chi connectivity index (χ1n) is 14.0. The van der Waals surface area contributed by atoms with Crippen LogP contribution in [0.25, 0.3) is 0 Å². The van der Waals surface area contributed by atoms with Crippen LogP contribution in [0.5, 0.6) is 0 Å². The fourth-order valence-electron chi connectivity index (χ4n) is 4.27. The van der Waals surface area contributed by atoms with Gasteiger partial charge in [0.1, 0.15) is 54.9 Å². The van der Waals surface area contributed by atoms with Crippen LogP contribution in [0.4, 0.5) is 0 Å². The van der Waals surface area contributed by atoms with Gasteiger partial charge in [0.2, 0.25) is 0 Å². The van der Waals surface area contributed by atoms with Crippen LogP contribution in [0.15, 0.2) is 0 Å². The van der Waals surface area contributed by atoms with Gasteiger partial charge in [-0.1, -0.05) is 0 Å². The second kappa shape index (κ2) is 22.3. The summed E-state index contributed by atoms with van der Waals surface area (Å²) < 4.78 is 134. The van der Waals surface area contributed by atoms with E-state index in [9.17, 15) is 87.1 Å². The van der Waals surface area contributed by atoms with E-state index in [1.54, 1.807) is 0 Å². The summed E-state index contributed by atoms with van der Waals surface area (Å²) in [4.78, 5) is 84.8. The zero-order valence-electron chi connectivity index (χ0n) is 28.6. The smallest absolute Gasteiger partial charge is 0.756 e. The molecule has 3 aliphatic rings. The van der Waals surface area contributed by atoms with E-state index in [2.05, 4.69) is 26.5 Å². The quantitative estimate of drug-likeness (QED) is 0.0375. The number of aliphatic hydroxyl groups is 6. The molecule has 13 N–H and O–H groups in total. The normalized spacial score (nSPS) is 37.8. The maximum atomic E-state index is 13.7. The van der Waals surface area contributed by atoms with Gasteiger partial charge in [-0.2, -0.15) is 4.31 Å². The Morgan fingerprint density at radius 2 is 0.672 bits per heavy atom. The summed E-state index contributed by atoms with van der Waals surface area (Å²) in [5.41, 5.74) is 0. The van der Waals surface area contributed by atoms with Gasteiger partial charge in [-0.15, -0.1) is 0 Å². The van der Waals surface area contributed by atoms with Crippen molar-refractivity contribution < 1.29 is 220 Å². The Morgan fingerprint density at radius 1 is 0.431 bits per heavy atom. The molecule has 3 saturated heterocycles. The van der Waals surface area contributed by atoms with Crippen molar-refractivity contribution in [1.29, 1.82) is 0 Å². The summed E-state index contributed by atoms with van der Waals surface area (Å²) in [7, 11) is -40.3. The third-order valence-corrected chi connectivity index (χ3v) is 14.3. The Balaban J connectivity index is 0.00000841. The van der Waals surface area contributed by atoms with Gasteiger partial charge in [0, 0.05) is 0 Å². The van der Waals surface area contributed by atoms with Gasteiger partial charge in [-0.25, -0.2) is 31.4 Å². The molecule has 0 aromatic rings. The Morgan fingerprint density at radius 3 is 0.897 bits per heavy atom. The van der Waals surface area contributed by atoms with Crippen LogP contribution in [-0.2, 0) is 86.2 Å². The van der Waals surface area contributed by atoms with Gasteiger partial charge < -0.3 is 88.9 Å². The zero-order chi connectivity index (χ0) is 43.0. The largest absolute Gasteiger partial charge is 1.00 e. The number of phosphoric ester groups is 4. The molecule has 34 nitrogen and oxygen atoms in total. The third-order valence-electron chi connectivity index (χ3n) is 6.48. The SMILES string of the molecule is O=P([O-])(O)OP(=O)(O)O[C@H]1O[C@H](COP(=O)(OC[C@H]2O[C@@H](OP(=O)(O)OP(=O)(O)O)[C@@H](O)[C@@H]2O)OC[C@H]2O[C@H](OP(=O)(O)OP(=O)([O-])O)[C@H](O)[C@@H]2O)[C@@H](O)[C@H]1O.[Na+].[Na+]. The maximum absolute atomic E-state index is 13.7. The molecule has 43 heteroatoms. The van der Waals surface area contributed by atoms with Crippen molar-refractivity contribution in [1.82, 2.24) is 0 Å². The summed E-state index contributed by atoms with van der Waals surface area (Å²) in [6.45, 7) is -3.93. The van der Waals surface area contributed by atoms with E-state index in [1.807, 2.05) is 0 Å². The molecule has 0 saturated carbocycles. The van der Waals surface area contributed by atoms with Crippen LogP contribution in [0, 0.1) is 0 Å². The van der Waals surface area contributed by atoms with Crippen LogP contribution in [0.1, 0.15) is 0 Å². The second-order valence-corrected chi connectivity index (χ2v) is 20.7. The number of hydrogen-bond acceptors (Lipinski definition) is 27. The van der Waals surface area contributed by atoms with Gasteiger partial charge in [0.25, 0.3) is 15.6 Å². The monoisotopic (exact) mass is 1020 g/mol. The number of aliphatic hydroxyl groups excluding tert-OH is 6. The molecule has 0 bridgehead atoms. The molecule has 17 atom stereocenters. The zero-order valence-corrected chi connectivity index (χ0v) is 38.8. The Bertz CT molecular complexity index is 1510. The predicted octanol–water partition coefficient (Wildman–Crippen LogP) is -12.1. The van der Waals surface area contributed by atoms with E-state index < -0.39 is 148 Å². The van der Waals surface area contributed by atoms with Crippen LogP contribution >= 0.6 is 54.8 Å². The molecule has 0 aromatic carbocycles. The predicted molar refractivity (Wildman–Crippen MR) is 155 cm³/mol. The molecule has 3 rings (SSSR count). The molecule has 0 radical (unpaired) electrons. The Hall–Kier alpha value is 2.53. The van der Waals surface area contributed by atoms with E-state index in [1.165, 1.54) is 0 Å². The summed E-state index contributed by atoms with van der Waals surface area (Å²) in [5, 5.41) is 61.3. The van der Waals surface area contributed by atoms with Crippen LogP contribution in [0.2, 0.25) is 0 Å². The van der Waals surface area contributed by atoms with Crippen molar-refractivity contribution in [2.75, 3.05) is 19.8 Å². The first-order chi connectivity index (χ1) is 25.1. The molecule has 0 aromatic heterocycles. The van der Waals surface area contributed by atoms with Crippen molar-refractivity contribution >= 4 is 54.8 Å². The first kappa shape index (κ1) is 58.5. The standard InChI is InChI=1S/C15H33O34P7.2Na/c16-7-4(41-13(10(7)19)44-53(31,32)47-50(22,23)24)1-38-56(37,39-2-5-8(17)11(20)14(42-5)45-54(33,34)48-51(25,26)27)40-3-6-9(18)12(21)15(43-6)46-55(35,36)49-52(28,29)30;;/h4-21H,1-3H2,(H,31,32)(H,33,34)(H,35,36)(H2,22,23,24)(H2,25,26,27)(H2,28,29,30);;/q;2*+1/p-2/t4-,5-,6-,7-,8-,9-,10-,11-,12+,13-,14-,15+;;/m1../s1. The number of ether oxygens (including phenoxy) is 3. The molecule has 58 heavy (non-hydrogen) atoms. The van der Waals surface area contributed by atoms with Crippen LogP contribution < -0.4 is 68.9 Å². The van der Waals surface area contributed by atoms with Crippen molar-refractivity contribution in [3.8, 4) is 0 Å². The van der Waals surface area contributed by atoms with Gasteiger partial charge >= 0.3 is 98.2 Å². The molecular weight excluding hydrogens is 987 g/mol. The topological polar surface area (TPSA) is 539 Å². The molecule has 3 heterocycles. The minimum absolute atomic E-state index is 0. The second-order valence-electron chi connectivity index (χ2n) is 10.8. The Labute approximate surface area is 366 Å². The van der Waals surface area contributed by atoms with Crippen molar-refractivity contribution in [2.45, 2.75) is 73.8 Å². The van der Waals surface area contributed by atoms with E-state index in [0.29, 0.717) is 0 Å². The maximum Gasteiger partial charge on any atom is 1.00 e. The molecule has 0 spiro atoms. The summed E-state index contributed by atoms with van der Waals surface area (Å²) in [6.07, 6.45) is -27.1. The minimum Gasteiger partial charge on any atom is -0.756 e. The molecule has 3 fully saturated rings. The van der Waals surface area contributed by atoms with Crippen LogP contribution in [-0.4, -0.2) is 159 Å². The summed E-state index contributed by atoms with van der Waals surface area (Å²) in [6, 6.07) is 0. The van der Waals surface area contributed by atoms with Gasteiger partial charge in [0.15, 0.2) is 18.9 Å². The molecule has 0 aliphatic carbocycles. The first-order valence-corrected chi connectivity index (χ1v) is 24.5. The van der Waals surface area contributed by atoms with Crippen molar-refractivity contribution in [3.05, 3.63) is 0 Å². The van der Waals surface area contributed by atoms with E-state index in [-0.39, 0.29) is 59.1 Å². The number of rotatable bonds is 21. The van der Waals surface area contributed by atoms with Crippen molar-refractivity contribution in [3.63, 3.8) is 0 Å². The molecule has 0 amide bonds. The average molecular weight is 1020 g/mol. The minimum atomic E-state index is -5.94. The number of hydrogen-bond donors (Lipinski definition) is 13. The van der Waals surface area contributed by atoms with Gasteiger partial charge in [0.05, 0.1) is 19.8 Å². The summed E-state index contributed by atoms with van der Waals surface area (Å²) in [5.74, 6) is 0. The fraction of sp³-hybridized carbons (Fsp3) is 1.00. The van der Waals surface area contributed by atoms with Gasteiger partial charge in [-0.05, 0) is 0 Å². The van der Waals surface area contributed by atoms with Crippen molar-refractivity contribution in [2.24, 2.45) is 0 Å². The van der Waals surface area contributed by atoms with Crippen LogP contribution in [0.3, 0.4) is 0 Å². The van der Waals surface area contributed by atoms with E-state index in [4.69, 9.17) is 47.4 Å². The van der Waals surface area contributed by atoms with E-state index in [0.717, 1.165) is 0 Å². The Kier molecular flexibility index (Phi) is 22.6. The van der Waals surface area contributed by atoms with E-state index >= 15 is 0 Å². The molecular formula is C15H31Na2O34P7. The molecule has 3 aliphatic heterocycles. The molecule has 332 valence electrons. The summed E-state index contributed by atoms with van der Waals surface area (Å²) >= 11 is 0. The van der Waals surface area contributed by atoms with Gasteiger partial charge in [-0.3, -0.25) is 36.3 Å².